The van der Waals surface area contributed by atoms with Gasteiger partial charge in [0.15, 0.2) is 5.82 Å². The molecule has 2 rings (SSSR count). The summed E-state index contributed by atoms with van der Waals surface area (Å²) in [5, 5.41) is 0.321. The second-order valence-electron chi connectivity index (χ2n) is 3.44. The number of aromatic nitrogens is 2. The average Bonchev–Trinajstić information content (AvgIpc) is 2.28. The second kappa shape index (κ2) is 6.13. The smallest absolute Gasteiger partial charge is 0.224 e. The highest BCUT2D eigenvalue weighted by Gasteiger charge is 2.05. The summed E-state index contributed by atoms with van der Waals surface area (Å²) in [7, 11) is 1.57. The quantitative estimate of drug-likeness (QED) is 0.800. The molecule has 18 heavy (non-hydrogen) atoms. The largest absolute Gasteiger partial charge is 0.439 e. The predicted molar refractivity (Wildman–Crippen MR) is 72.0 cm³/mol. The van der Waals surface area contributed by atoms with Gasteiger partial charge in [0.1, 0.15) is 17.5 Å². The highest BCUT2D eigenvalue weighted by atomic mass is 79.9. The SMILES string of the molecule is COCc1nc(Cl)cc(Oc2cccc(Br)c2)n1. The minimum absolute atomic E-state index is 0.287. The zero-order chi connectivity index (χ0) is 13.0. The maximum Gasteiger partial charge on any atom is 0.224 e. The van der Waals surface area contributed by atoms with Crippen LogP contribution < -0.4 is 4.74 Å². The molecule has 2 aromatic rings. The summed E-state index contributed by atoms with van der Waals surface area (Å²) in [6, 6.07) is 9.01. The van der Waals surface area contributed by atoms with Crippen molar-refractivity contribution in [2.45, 2.75) is 6.61 Å². The number of hydrogen-bond donors (Lipinski definition) is 0. The van der Waals surface area contributed by atoms with Gasteiger partial charge in [-0.2, -0.15) is 4.98 Å². The third-order valence-electron chi connectivity index (χ3n) is 2.01. The molecule has 0 aliphatic rings. The van der Waals surface area contributed by atoms with Crippen LogP contribution >= 0.6 is 27.5 Å². The van der Waals surface area contributed by atoms with Crippen LogP contribution in [0.15, 0.2) is 34.8 Å². The van der Waals surface area contributed by atoms with Crippen LogP contribution in [0.25, 0.3) is 0 Å². The van der Waals surface area contributed by atoms with Crippen molar-refractivity contribution in [2.24, 2.45) is 0 Å². The monoisotopic (exact) mass is 328 g/mol. The molecule has 6 heteroatoms. The lowest BCUT2D eigenvalue weighted by Crippen LogP contribution is -1.99. The van der Waals surface area contributed by atoms with Crippen molar-refractivity contribution in [2.75, 3.05) is 7.11 Å². The van der Waals surface area contributed by atoms with E-state index in [4.69, 9.17) is 21.1 Å². The number of methoxy groups -OCH3 is 1. The predicted octanol–water partition coefficient (Wildman–Crippen LogP) is 3.83. The van der Waals surface area contributed by atoms with Gasteiger partial charge in [-0.05, 0) is 18.2 Å². The Kier molecular flexibility index (Phi) is 4.52. The lowest BCUT2D eigenvalue weighted by atomic mass is 10.3. The highest BCUT2D eigenvalue weighted by molar-refractivity contribution is 9.10. The van der Waals surface area contributed by atoms with Crippen molar-refractivity contribution in [1.82, 2.24) is 9.97 Å². The third kappa shape index (κ3) is 3.66. The molecule has 0 fully saturated rings. The molecule has 4 nitrogen and oxygen atoms in total. The molecule has 0 aliphatic carbocycles. The number of nitrogens with zero attached hydrogens (tertiary/aromatic N) is 2. The molecule has 0 spiro atoms. The molecule has 0 amide bonds. The van der Waals surface area contributed by atoms with Gasteiger partial charge in [0.2, 0.25) is 5.88 Å². The van der Waals surface area contributed by atoms with E-state index in [0.29, 0.717) is 22.6 Å². The van der Waals surface area contributed by atoms with Gasteiger partial charge in [0.25, 0.3) is 0 Å². The Morgan fingerprint density at radius 3 is 2.83 bits per heavy atom. The minimum Gasteiger partial charge on any atom is -0.439 e. The molecule has 0 atom stereocenters. The topological polar surface area (TPSA) is 44.2 Å². The third-order valence-corrected chi connectivity index (χ3v) is 2.70. The van der Waals surface area contributed by atoms with Gasteiger partial charge >= 0.3 is 0 Å². The molecular weight excluding hydrogens is 320 g/mol. The van der Waals surface area contributed by atoms with Crippen LogP contribution in [0.1, 0.15) is 5.82 Å². The van der Waals surface area contributed by atoms with Crippen LogP contribution in [0.5, 0.6) is 11.6 Å². The van der Waals surface area contributed by atoms with E-state index in [-0.39, 0.29) is 6.61 Å². The molecule has 0 N–H and O–H groups in total. The summed E-state index contributed by atoms with van der Waals surface area (Å²) >= 11 is 9.26. The van der Waals surface area contributed by atoms with Crippen molar-refractivity contribution in [3.05, 3.63) is 45.8 Å². The fraction of sp³-hybridized carbons (Fsp3) is 0.167. The Bertz CT molecular complexity index is 551. The van der Waals surface area contributed by atoms with E-state index in [1.165, 1.54) is 0 Å². The van der Waals surface area contributed by atoms with Gasteiger partial charge in [-0.25, -0.2) is 4.98 Å². The lowest BCUT2D eigenvalue weighted by Gasteiger charge is -2.07. The van der Waals surface area contributed by atoms with Crippen LogP contribution in [0, 0.1) is 0 Å². The molecule has 0 bridgehead atoms. The molecule has 0 saturated carbocycles. The summed E-state index contributed by atoms with van der Waals surface area (Å²) in [6.45, 7) is 0.287. The summed E-state index contributed by atoms with van der Waals surface area (Å²) in [5.41, 5.74) is 0. The van der Waals surface area contributed by atoms with Crippen molar-refractivity contribution in [1.29, 1.82) is 0 Å². The van der Waals surface area contributed by atoms with E-state index in [2.05, 4.69) is 25.9 Å². The zero-order valence-corrected chi connectivity index (χ0v) is 11.9. The summed E-state index contributed by atoms with van der Waals surface area (Å²) in [5.74, 6) is 1.54. The fourth-order valence-electron chi connectivity index (χ4n) is 1.34. The minimum atomic E-state index is 0.287. The maximum atomic E-state index is 5.89. The summed E-state index contributed by atoms with van der Waals surface area (Å²) < 4.78 is 11.5. The first kappa shape index (κ1) is 13.3. The number of ether oxygens (including phenoxy) is 2. The van der Waals surface area contributed by atoms with E-state index in [1.54, 1.807) is 13.2 Å². The van der Waals surface area contributed by atoms with Crippen LogP contribution in [0.2, 0.25) is 5.15 Å². The molecule has 0 unspecified atom stereocenters. The Balaban J connectivity index is 2.23. The number of hydrogen-bond acceptors (Lipinski definition) is 4. The molecule has 0 radical (unpaired) electrons. The lowest BCUT2D eigenvalue weighted by molar-refractivity contribution is 0.177. The van der Waals surface area contributed by atoms with Crippen LogP contribution in [0.3, 0.4) is 0 Å². The molecule has 0 saturated heterocycles. The van der Waals surface area contributed by atoms with Crippen molar-refractivity contribution < 1.29 is 9.47 Å². The second-order valence-corrected chi connectivity index (χ2v) is 4.74. The Morgan fingerprint density at radius 1 is 1.28 bits per heavy atom. The number of benzene rings is 1. The van der Waals surface area contributed by atoms with Gasteiger partial charge in [-0.3, -0.25) is 0 Å². The van der Waals surface area contributed by atoms with Crippen molar-refractivity contribution in [3.63, 3.8) is 0 Å². The Morgan fingerprint density at radius 2 is 2.11 bits per heavy atom. The standard InChI is InChI=1S/C12H10BrClN2O2/c1-17-7-11-15-10(14)6-12(16-11)18-9-4-2-3-8(13)5-9/h2-6H,7H2,1H3. The Labute approximate surface area is 118 Å². The van der Waals surface area contributed by atoms with Gasteiger partial charge < -0.3 is 9.47 Å². The molecule has 1 aromatic carbocycles. The van der Waals surface area contributed by atoms with E-state index in [0.717, 1.165) is 4.47 Å². The van der Waals surface area contributed by atoms with Crippen molar-refractivity contribution >= 4 is 27.5 Å². The molecule has 1 heterocycles. The first-order valence-corrected chi connectivity index (χ1v) is 6.30. The van der Waals surface area contributed by atoms with Gasteiger partial charge in [0.05, 0.1) is 0 Å². The summed E-state index contributed by atoms with van der Waals surface area (Å²) in [6.07, 6.45) is 0. The zero-order valence-electron chi connectivity index (χ0n) is 9.56. The maximum absolute atomic E-state index is 5.89. The van der Waals surface area contributed by atoms with Gasteiger partial charge in [-0.1, -0.05) is 33.6 Å². The van der Waals surface area contributed by atoms with Gasteiger partial charge in [-0.15, -0.1) is 0 Å². The summed E-state index contributed by atoms with van der Waals surface area (Å²) in [4.78, 5) is 8.21. The van der Waals surface area contributed by atoms with E-state index < -0.39 is 0 Å². The average molecular weight is 330 g/mol. The number of halogens is 2. The highest BCUT2D eigenvalue weighted by Crippen LogP contribution is 2.24. The van der Waals surface area contributed by atoms with E-state index in [1.807, 2.05) is 24.3 Å². The first-order chi connectivity index (χ1) is 8.67. The van der Waals surface area contributed by atoms with Crippen molar-refractivity contribution in [3.8, 4) is 11.6 Å². The Hall–Kier alpha value is -1.17. The van der Waals surface area contributed by atoms with E-state index >= 15 is 0 Å². The first-order valence-electron chi connectivity index (χ1n) is 5.13. The molecular formula is C12H10BrClN2O2. The number of rotatable bonds is 4. The van der Waals surface area contributed by atoms with Crippen LogP contribution in [0.4, 0.5) is 0 Å². The fourth-order valence-corrected chi connectivity index (χ4v) is 1.91. The van der Waals surface area contributed by atoms with E-state index in [9.17, 15) is 0 Å². The molecule has 0 aliphatic heterocycles. The van der Waals surface area contributed by atoms with Gasteiger partial charge in [0, 0.05) is 17.6 Å². The van der Waals surface area contributed by atoms with Crippen LogP contribution in [-0.4, -0.2) is 17.1 Å². The molecule has 1 aromatic heterocycles. The van der Waals surface area contributed by atoms with Crippen LogP contribution in [-0.2, 0) is 11.3 Å². The molecule has 94 valence electrons. The normalized spacial score (nSPS) is 10.4.